The van der Waals surface area contributed by atoms with Gasteiger partial charge in [0.2, 0.25) is 0 Å². The van der Waals surface area contributed by atoms with Crippen LogP contribution in [-0.2, 0) is 12.8 Å². The summed E-state index contributed by atoms with van der Waals surface area (Å²) in [7, 11) is 1.72. The van der Waals surface area contributed by atoms with Gasteiger partial charge in [0, 0.05) is 12.4 Å². The first-order valence-electron chi connectivity index (χ1n) is 5.74. The van der Waals surface area contributed by atoms with Crippen molar-refractivity contribution in [1.82, 2.24) is 5.32 Å². The molecule has 0 atom stereocenters. The minimum absolute atomic E-state index is 0.669. The highest BCUT2D eigenvalue weighted by atomic mass is 35.5. The number of alkyl halides is 1. The van der Waals surface area contributed by atoms with E-state index in [2.05, 4.69) is 30.4 Å². The van der Waals surface area contributed by atoms with Crippen LogP contribution in [0.25, 0.3) is 0 Å². The number of hydrogen-bond acceptors (Lipinski definition) is 2. The molecule has 0 amide bonds. The Morgan fingerprint density at radius 3 is 2.75 bits per heavy atom. The molecule has 0 aliphatic rings. The third kappa shape index (κ3) is 4.03. The van der Waals surface area contributed by atoms with Crippen LogP contribution in [0.15, 0.2) is 18.2 Å². The summed E-state index contributed by atoms with van der Waals surface area (Å²) in [5.41, 5.74) is 2.62. The van der Waals surface area contributed by atoms with Crippen LogP contribution in [0.3, 0.4) is 0 Å². The second-order valence-electron chi connectivity index (χ2n) is 3.69. The summed E-state index contributed by atoms with van der Waals surface area (Å²) in [5, 5.41) is 3.29. The average molecular weight is 242 g/mol. The molecule has 0 aliphatic heterocycles. The second kappa shape index (κ2) is 7.53. The van der Waals surface area contributed by atoms with E-state index in [4.69, 9.17) is 16.3 Å². The SMILES string of the molecule is CCc1cc(CCNCCCl)ccc1OC. The normalized spacial score (nSPS) is 10.4. The largest absolute Gasteiger partial charge is 0.496 e. The zero-order valence-electron chi connectivity index (χ0n) is 10.1. The maximum Gasteiger partial charge on any atom is 0.122 e. The molecule has 3 heteroatoms. The molecule has 0 spiro atoms. The third-order valence-corrected chi connectivity index (χ3v) is 2.78. The Labute approximate surface area is 103 Å². The molecule has 0 radical (unpaired) electrons. The van der Waals surface area contributed by atoms with E-state index >= 15 is 0 Å². The standard InChI is InChI=1S/C13H20ClNO/c1-3-12-10-11(4-5-13(12)16-2)6-8-15-9-7-14/h4-5,10,15H,3,6-9H2,1-2H3. The monoisotopic (exact) mass is 241 g/mol. The van der Waals surface area contributed by atoms with E-state index in [0.29, 0.717) is 5.88 Å². The van der Waals surface area contributed by atoms with E-state index in [1.54, 1.807) is 7.11 Å². The van der Waals surface area contributed by atoms with Crippen molar-refractivity contribution in [3.05, 3.63) is 29.3 Å². The summed E-state index contributed by atoms with van der Waals surface area (Å²) in [4.78, 5) is 0. The molecule has 90 valence electrons. The predicted octanol–water partition coefficient (Wildman–Crippen LogP) is 2.63. The lowest BCUT2D eigenvalue weighted by molar-refractivity contribution is 0.410. The average Bonchev–Trinajstić information content (AvgIpc) is 2.34. The molecule has 0 aromatic heterocycles. The fraction of sp³-hybridized carbons (Fsp3) is 0.538. The number of nitrogens with one attached hydrogen (secondary N) is 1. The summed E-state index contributed by atoms with van der Waals surface area (Å²) < 4.78 is 5.30. The summed E-state index contributed by atoms with van der Waals surface area (Å²) in [5.74, 6) is 1.66. The molecule has 0 saturated heterocycles. The van der Waals surface area contributed by atoms with E-state index in [-0.39, 0.29) is 0 Å². The molecular formula is C13H20ClNO. The zero-order chi connectivity index (χ0) is 11.8. The maximum atomic E-state index is 5.59. The van der Waals surface area contributed by atoms with E-state index in [1.807, 2.05) is 0 Å². The van der Waals surface area contributed by atoms with Crippen molar-refractivity contribution in [3.8, 4) is 5.75 Å². The Bertz CT molecular complexity index is 315. The van der Waals surface area contributed by atoms with Crippen molar-refractivity contribution in [1.29, 1.82) is 0 Å². The lowest BCUT2D eigenvalue weighted by Crippen LogP contribution is -2.19. The highest BCUT2D eigenvalue weighted by Crippen LogP contribution is 2.20. The van der Waals surface area contributed by atoms with E-state index < -0.39 is 0 Å². The molecular weight excluding hydrogens is 222 g/mol. The van der Waals surface area contributed by atoms with Gasteiger partial charge in [0.25, 0.3) is 0 Å². The van der Waals surface area contributed by atoms with Gasteiger partial charge in [-0.15, -0.1) is 11.6 Å². The van der Waals surface area contributed by atoms with Crippen LogP contribution < -0.4 is 10.1 Å². The third-order valence-electron chi connectivity index (χ3n) is 2.59. The highest BCUT2D eigenvalue weighted by molar-refractivity contribution is 6.18. The van der Waals surface area contributed by atoms with Gasteiger partial charge in [-0.05, 0) is 36.6 Å². The number of halogens is 1. The van der Waals surface area contributed by atoms with Gasteiger partial charge in [0.1, 0.15) is 5.75 Å². The first-order chi connectivity index (χ1) is 7.81. The molecule has 0 heterocycles. The fourth-order valence-corrected chi connectivity index (χ4v) is 1.82. The molecule has 0 aliphatic carbocycles. The second-order valence-corrected chi connectivity index (χ2v) is 4.07. The lowest BCUT2D eigenvalue weighted by Gasteiger charge is -2.09. The van der Waals surface area contributed by atoms with Crippen molar-refractivity contribution in [2.45, 2.75) is 19.8 Å². The Kier molecular flexibility index (Phi) is 6.27. The van der Waals surface area contributed by atoms with Gasteiger partial charge >= 0.3 is 0 Å². The van der Waals surface area contributed by atoms with Crippen LogP contribution in [0.5, 0.6) is 5.75 Å². The molecule has 1 N–H and O–H groups in total. The molecule has 0 saturated carbocycles. The van der Waals surface area contributed by atoms with E-state index in [1.165, 1.54) is 11.1 Å². The lowest BCUT2D eigenvalue weighted by atomic mass is 10.1. The van der Waals surface area contributed by atoms with Crippen LogP contribution in [0, 0.1) is 0 Å². The summed E-state index contributed by atoms with van der Waals surface area (Å²) in [6, 6.07) is 6.40. The van der Waals surface area contributed by atoms with Crippen molar-refractivity contribution in [3.63, 3.8) is 0 Å². The molecule has 0 bridgehead atoms. The number of rotatable bonds is 7. The summed E-state index contributed by atoms with van der Waals surface area (Å²) >= 11 is 5.59. The minimum atomic E-state index is 0.669. The quantitative estimate of drug-likeness (QED) is 0.585. The number of aryl methyl sites for hydroxylation is 1. The van der Waals surface area contributed by atoms with Gasteiger partial charge in [-0.1, -0.05) is 19.1 Å². The molecule has 1 aromatic rings. The Morgan fingerprint density at radius 2 is 2.12 bits per heavy atom. The smallest absolute Gasteiger partial charge is 0.122 e. The van der Waals surface area contributed by atoms with E-state index in [9.17, 15) is 0 Å². The van der Waals surface area contributed by atoms with Crippen molar-refractivity contribution >= 4 is 11.6 Å². The first-order valence-corrected chi connectivity index (χ1v) is 6.27. The highest BCUT2D eigenvalue weighted by Gasteiger charge is 2.02. The molecule has 0 fully saturated rings. The maximum absolute atomic E-state index is 5.59. The van der Waals surface area contributed by atoms with E-state index in [0.717, 1.165) is 31.7 Å². The number of benzene rings is 1. The van der Waals surface area contributed by atoms with Gasteiger partial charge in [-0.25, -0.2) is 0 Å². The predicted molar refractivity (Wildman–Crippen MR) is 69.7 cm³/mol. The van der Waals surface area contributed by atoms with Crippen LogP contribution in [0.1, 0.15) is 18.1 Å². The van der Waals surface area contributed by atoms with Gasteiger partial charge < -0.3 is 10.1 Å². The molecule has 2 nitrogen and oxygen atoms in total. The summed E-state index contributed by atoms with van der Waals surface area (Å²) in [6.45, 7) is 3.99. The zero-order valence-corrected chi connectivity index (χ0v) is 10.8. The van der Waals surface area contributed by atoms with Crippen LogP contribution >= 0.6 is 11.6 Å². The van der Waals surface area contributed by atoms with Crippen molar-refractivity contribution in [2.24, 2.45) is 0 Å². The van der Waals surface area contributed by atoms with Gasteiger partial charge in [-0.3, -0.25) is 0 Å². The van der Waals surface area contributed by atoms with Crippen LogP contribution in [0.2, 0.25) is 0 Å². The van der Waals surface area contributed by atoms with Gasteiger partial charge in [0.15, 0.2) is 0 Å². The first kappa shape index (κ1) is 13.3. The van der Waals surface area contributed by atoms with Crippen LogP contribution in [-0.4, -0.2) is 26.1 Å². The molecule has 16 heavy (non-hydrogen) atoms. The number of ether oxygens (including phenoxy) is 1. The van der Waals surface area contributed by atoms with Crippen molar-refractivity contribution in [2.75, 3.05) is 26.1 Å². The molecule has 0 unspecified atom stereocenters. The molecule has 1 rings (SSSR count). The summed E-state index contributed by atoms with van der Waals surface area (Å²) in [6.07, 6.45) is 2.04. The van der Waals surface area contributed by atoms with Crippen molar-refractivity contribution < 1.29 is 4.74 Å². The van der Waals surface area contributed by atoms with Gasteiger partial charge in [0.05, 0.1) is 7.11 Å². The van der Waals surface area contributed by atoms with Crippen LogP contribution in [0.4, 0.5) is 0 Å². The molecule has 1 aromatic carbocycles. The fourth-order valence-electron chi connectivity index (χ4n) is 1.69. The van der Waals surface area contributed by atoms with Gasteiger partial charge in [-0.2, -0.15) is 0 Å². The minimum Gasteiger partial charge on any atom is -0.496 e. The Morgan fingerprint density at radius 1 is 1.31 bits per heavy atom. The Hall–Kier alpha value is -0.730. The topological polar surface area (TPSA) is 21.3 Å². The number of hydrogen-bond donors (Lipinski definition) is 1. The number of methoxy groups -OCH3 is 1. The Balaban J connectivity index is 2.54.